The summed E-state index contributed by atoms with van der Waals surface area (Å²) in [7, 11) is 3.08. The van der Waals surface area contributed by atoms with Gasteiger partial charge in [0, 0.05) is 14.1 Å². The zero-order valence-electron chi connectivity index (χ0n) is 8.72. The second-order valence-corrected chi connectivity index (χ2v) is 5.90. The van der Waals surface area contributed by atoms with Crippen molar-refractivity contribution in [1.29, 1.82) is 0 Å². The molecule has 0 radical (unpaired) electrons. The summed E-state index contributed by atoms with van der Waals surface area (Å²) in [5.41, 5.74) is -1.46. The Morgan fingerprint density at radius 2 is 2.19 bits per heavy atom. The van der Waals surface area contributed by atoms with Crippen LogP contribution in [0.2, 0.25) is 0 Å². The third-order valence-corrected chi connectivity index (χ3v) is 4.16. The maximum absolute atomic E-state index is 11.7. The van der Waals surface area contributed by atoms with E-state index in [-0.39, 0.29) is 6.03 Å². The van der Waals surface area contributed by atoms with E-state index in [0.29, 0.717) is 4.88 Å². The Bertz CT molecular complexity index is 461. The molecule has 0 fully saturated rings. The first-order chi connectivity index (χ1) is 7.45. The highest BCUT2D eigenvalue weighted by Gasteiger charge is 2.41. The Morgan fingerprint density at radius 3 is 2.75 bits per heavy atom. The third kappa shape index (κ3) is 1.64. The number of rotatable bonds is 1. The van der Waals surface area contributed by atoms with E-state index in [4.69, 9.17) is 0 Å². The lowest BCUT2D eigenvalue weighted by atomic mass is 10.1. The van der Waals surface area contributed by atoms with E-state index in [1.165, 1.54) is 34.5 Å². The van der Waals surface area contributed by atoms with Crippen LogP contribution in [-0.2, 0) is 5.72 Å². The summed E-state index contributed by atoms with van der Waals surface area (Å²) < 4.78 is 0.893. The quantitative estimate of drug-likeness (QED) is 0.857. The summed E-state index contributed by atoms with van der Waals surface area (Å²) in [5.74, 6) is 0. The van der Waals surface area contributed by atoms with Crippen molar-refractivity contribution in [2.24, 2.45) is 5.10 Å². The average Bonchev–Trinajstić information content (AvgIpc) is 2.68. The summed E-state index contributed by atoms with van der Waals surface area (Å²) in [6, 6.07) is 3.23. The summed E-state index contributed by atoms with van der Waals surface area (Å²) in [5, 5.41) is 15.5. The van der Waals surface area contributed by atoms with Crippen LogP contribution in [0.4, 0.5) is 4.79 Å². The van der Waals surface area contributed by atoms with Crippen molar-refractivity contribution >= 4 is 39.5 Å². The smallest absolute Gasteiger partial charge is 0.342 e. The van der Waals surface area contributed by atoms with Gasteiger partial charge in [0.1, 0.15) is 0 Å². The lowest BCUT2D eigenvalue weighted by Crippen LogP contribution is -2.54. The molecule has 1 aromatic heterocycles. The first-order valence-corrected chi connectivity index (χ1v) is 6.11. The van der Waals surface area contributed by atoms with E-state index in [0.717, 1.165) is 3.79 Å². The van der Waals surface area contributed by atoms with Crippen LogP contribution in [0, 0.1) is 0 Å². The lowest BCUT2D eigenvalue weighted by Gasteiger charge is -2.37. The Hall–Kier alpha value is -0.920. The van der Waals surface area contributed by atoms with Crippen LogP contribution in [-0.4, -0.2) is 41.4 Å². The van der Waals surface area contributed by atoms with Crippen molar-refractivity contribution in [3.05, 3.63) is 20.8 Å². The molecule has 1 N–H and O–H groups in total. The standard InChI is InChI=1S/C9H10BrN3O2S/c1-12-8(14)13(2)11-5-9(12,15)6-3-4-7(10)16-6/h3-5,15H,1-2H3. The maximum atomic E-state index is 11.7. The van der Waals surface area contributed by atoms with Crippen molar-refractivity contribution in [3.63, 3.8) is 0 Å². The largest absolute Gasteiger partial charge is 0.362 e. The van der Waals surface area contributed by atoms with Crippen LogP contribution >= 0.6 is 27.3 Å². The monoisotopic (exact) mass is 303 g/mol. The van der Waals surface area contributed by atoms with Crippen LogP contribution in [0.1, 0.15) is 4.88 Å². The number of thiophene rings is 1. The van der Waals surface area contributed by atoms with Crippen LogP contribution in [0.3, 0.4) is 0 Å². The Labute approximate surface area is 105 Å². The summed E-state index contributed by atoms with van der Waals surface area (Å²) in [6.45, 7) is 0. The predicted octanol–water partition coefficient (Wildman–Crippen LogP) is 1.64. The van der Waals surface area contributed by atoms with Gasteiger partial charge in [0.25, 0.3) is 0 Å². The van der Waals surface area contributed by atoms with Gasteiger partial charge < -0.3 is 5.11 Å². The number of halogens is 1. The van der Waals surface area contributed by atoms with Gasteiger partial charge in [-0.25, -0.2) is 9.80 Å². The molecule has 1 unspecified atom stereocenters. The first kappa shape index (κ1) is 11.6. The number of hydrogen-bond acceptors (Lipinski definition) is 4. The third-order valence-electron chi connectivity index (χ3n) is 2.42. The molecule has 0 saturated carbocycles. The van der Waals surface area contributed by atoms with Gasteiger partial charge in [-0.05, 0) is 28.1 Å². The molecule has 1 atom stereocenters. The number of nitrogens with zero attached hydrogens (tertiary/aromatic N) is 3. The number of amides is 2. The van der Waals surface area contributed by atoms with Gasteiger partial charge in [0.05, 0.1) is 14.9 Å². The predicted molar refractivity (Wildman–Crippen MR) is 65.3 cm³/mol. The minimum Gasteiger partial charge on any atom is -0.362 e. The number of carbonyl (C=O) groups is 1. The molecule has 7 heteroatoms. The van der Waals surface area contributed by atoms with E-state index in [9.17, 15) is 9.90 Å². The summed E-state index contributed by atoms with van der Waals surface area (Å²) in [4.78, 5) is 13.6. The number of aliphatic hydroxyl groups is 1. The second kappa shape index (κ2) is 3.83. The molecular formula is C9H10BrN3O2S. The molecule has 1 aliphatic heterocycles. The Balaban J connectivity index is 2.46. The van der Waals surface area contributed by atoms with E-state index < -0.39 is 5.72 Å². The molecule has 86 valence electrons. The van der Waals surface area contributed by atoms with Gasteiger partial charge >= 0.3 is 6.03 Å². The van der Waals surface area contributed by atoms with Crippen LogP contribution in [0.25, 0.3) is 0 Å². The van der Waals surface area contributed by atoms with E-state index >= 15 is 0 Å². The fraction of sp³-hybridized carbons (Fsp3) is 0.333. The number of hydrogen-bond donors (Lipinski definition) is 1. The van der Waals surface area contributed by atoms with Crippen molar-refractivity contribution in [3.8, 4) is 0 Å². The molecule has 2 rings (SSSR count). The molecule has 16 heavy (non-hydrogen) atoms. The summed E-state index contributed by atoms with van der Waals surface area (Å²) >= 11 is 4.68. The SMILES string of the molecule is CN1N=CC(O)(c2ccc(Br)s2)N(C)C1=O. The zero-order valence-corrected chi connectivity index (χ0v) is 11.1. The zero-order chi connectivity index (χ0) is 11.9. The van der Waals surface area contributed by atoms with Gasteiger partial charge in [-0.15, -0.1) is 11.3 Å². The summed E-state index contributed by atoms with van der Waals surface area (Å²) in [6.07, 6.45) is 1.35. The minimum absolute atomic E-state index is 0.352. The number of urea groups is 1. The van der Waals surface area contributed by atoms with Gasteiger partial charge in [0.15, 0.2) is 0 Å². The topological polar surface area (TPSA) is 56.1 Å². The van der Waals surface area contributed by atoms with Crippen LogP contribution in [0.5, 0.6) is 0 Å². The molecule has 1 aliphatic rings. The minimum atomic E-state index is -1.46. The molecule has 0 spiro atoms. The molecule has 5 nitrogen and oxygen atoms in total. The highest BCUT2D eigenvalue weighted by atomic mass is 79.9. The van der Waals surface area contributed by atoms with Gasteiger partial charge in [-0.1, -0.05) is 0 Å². The maximum Gasteiger partial charge on any atom is 0.342 e. The average molecular weight is 304 g/mol. The fourth-order valence-corrected chi connectivity index (χ4v) is 2.88. The molecule has 2 heterocycles. The fourth-order valence-electron chi connectivity index (χ4n) is 1.41. The van der Waals surface area contributed by atoms with Crippen molar-refractivity contribution in [2.45, 2.75) is 5.72 Å². The van der Waals surface area contributed by atoms with Gasteiger partial charge in [-0.2, -0.15) is 5.10 Å². The lowest BCUT2D eigenvalue weighted by molar-refractivity contribution is -0.0224. The number of hydrazone groups is 1. The molecule has 1 aromatic rings. The Kier molecular flexibility index (Phi) is 2.77. The van der Waals surface area contributed by atoms with Crippen LogP contribution < -0.4 is 0 Å². The van der Waals surface area contributed by atoms with E-state index in [1.54, 1.807) is 13.1 Å². The molecule has 0 saturated heterocycles. The Morgan fingerprint density at radius 1 is 1.50 bits per heavy atom. The molecule has 0 aromatic carbocycles. The first-order valence-electron chi connectivity index (χ1n) is 4.50. The van der Waals surface area contributed by atoms with Crippen LogP contribution in [0.15, 0.2) is 21.0 Å². The highest BCUT2D eigenvalue weighted by Crippen LogP contribution is 2.34. The molecule has 2 amide bonds. The van der Waals surface area contributed by atoms with Gasteiger partial charge in [0.2, 0.25) is 5.72 Å². The second-order valence-electron chi connectivity index (χ2n) is 3.44. The molecule has 0 aliphatic carbocycles. The normalized spacial score (nSPS) is 25.4. The highest BCUT2D eigenvalue weighted by molar-refractivity contribution is 9.11. The van der Waals surface area contributed by atoms with Crippen molar-refractivity contribution < 1.29 is 9.90 Å². The number of carbonyl (C=O) groups excluding carboxylic acids is 1. The van der Waals surface area contributed by atoms with Crippen molar-refractivity contribution in [1.82, 2.24) is 9.91 Å². The molecular weight excluding hydrogens is 294 g/mol. The van der Waals surface area contributed by atoms with Crippen molar-refractivity contribution in [2.75, 3.05) is 14.1 Å². The molecule has 0 bridgehead atoms. The van der Waals surface area contributed by atoms with Gasteiger partial charge in [-0.3, -0.25) is 4.90 Å². The van der Waals surface area contributed by atoms with E-state index in [2.05, 4.69) is 21.0 Å². The van der Waals surface area contributed by atoms with E-state index in [1.807, 2.05) is 6.07 Å².